The van der Waals surface area contributed by atoms with Crippen molar-refractivity contribution in [2.75, 3.05) is 13.1 Å². The summed E-state index contributed by atoms with van der Waals surface area (Å²) in [4.78, 5) is 0.808. The molecule has 0 aliphatic carbocycles. The largest absolute Gasteiger partial charge is 0.380 e. The molecule has 0 aromatic heterocycles. The number of hydrogen-bond acceptors (Lipinski definition) is 1. The van der Waals surface area contributed by atoms with Crippen molar-refractivity contribution in [3.63, 3.8) is 0 Å². The van der Waals surface area contributed by atoms with Gasteiger partial charge in [0.1, 0.15) is 0 Å². The fourth-order valence-corrected chi connectivity index (χ4v) is 0.645. The molecule has 0 heterocycles. The van der Waals surface area contributed by atoms with Crippen molar-refractivity contribution in [2.24, 2.45) is 0 Å². The zero-order chi connectivity index (χ0) is 6.41. The van der Waals surface area contributed by atoms with Crippen molar-refractivity contribution in [2.45, 2.75) is 13.3 Å². The Kier molecular flexibility index (Phi) is 4.90. The zero-order valence-corrected chi connectivity index (χ0v) is 5.85. The minimum Gasteiger partial charge on any atom is -0.380 e. The van der Waals surface area contributed by atoms with Crippen molar-refractivity contribution in [1.29, 1.82) is 0 Å². The van der Waals surface area contributed by atoms with Gasteiger partial charge in [0.25, 0.3) is 0 Å². The highest BCUT2D eigenvalue weighted by Crippen LogP contribution is 1.77. The molecule has 3 heteroatoms. The summed E-state index contributed by atoms with van der Waals surface area (Å²) < 4.78 is 0. The maximum Gasteiger partial charge on any atom is 0.0766 e. The van der Waals surface area contributed by atoms with Gasteiger partial charge in [0.2, 0.25) is 0 Å². The molecule has 0 aromatic carbocycles. The van der Waals surface area contributed by atoms with E-state index >= 15 is 0 Å². The predicted octanol–water partition coefficient (Wildman–Crippen LogP) is 0.596. The number of rotatable bonds is 3. The van der Waals surface area contributed by atoms with Crippen LogP contribution >= 0.6 is 12.2 Å². The molecule has 47 valence electrons. The van der Waals surface area contributed by atoms with Crippen LogP contribution in [0.1, 0.15) is 13.3 Å². The Balaban J connectivity index is 3.06. The topological polar surface area (TPSA) is 35.8 Å². The molecule has 0 saturated heterocycles. The minimum absolute atomic E-state index is 0.395. The molecule has 0 aliphatic heterocycles. The van der Waals surface area contributed by atoms with E-state index in [9.17, 15) is 0 Å². The molecule has 1 radical (unpaired) electrons. The summed E-state index contributed by atoms with van der Waals surface area (Å²) in [5.41, 5.74) is 6.78. The van der Waals surface area contributed by atoms with Crippen molar-refractivity contribution in [1.82, 2.24) is 11.1 Å². The average molecular weight is 131 g/mol. The molecule has 0 atom stereocenters. The third kappa shape index (κ3) is 4.02. The fourth-order valence-electron chi connectivity index (χ4n) is 0.399. The Morgan fingerprint density at radius 3 is 2.75 bits per heavy atom. The Hall–Kier alpha value is -0.150. The smallest absolute Gasteiger partial charge is 0.0766 e. The van der Waals surface area contributed by atoms with Gasteiger partial charge in [-0.1, -0.05) is 12.2 Å². The molecule has 0 aromatic rings. The molecule has 0 saturated carbocycles. The minimum atomic E-state index is 0.395. The van der Waals surface area contributed by atoms with Gasteiger partial charge in [0, 0.05) is 19.5 Å². The second-order valence-electron chi connectivity index (χ2n) is 1.45. The predicted molar refractivity (Wildman–Crippen MR) is 38.9 cm³/mol. The lowest BCUT2D eigenvalue weighted by Crippen LogP contribution is -2.21. The monoisotopic (exact) mass is 131 g/mol. The lowest BCUT2D eigenvalue weighted by Gasteiger charge is -2.00. The van der Waals surface area contributed by atoms with Crippen LogP contribution in [0.3, 0.4) is 0 Å². The molecule has 0 fully saturated rings. The molecule has 0 aliphatic rings. The summed E-state index contributed by atoms with van der Waals surface area (Å²) in [5.74, 6) is 0. The van der Waals surface area contributed by atoms with Crippen LogP contribution < -0.4 is 11.1 Å². The zero-order valence-electron chi connectivity index (χ0n) is 5.03. The van der Waals surface area contributed by atoms with Crippen molar-refractivity contribution in [3.8, 4) is 0 Å². The second kappa shape index (κ2) is 5.00. The number of thiocarbonyl (C=S) groups is 1. The van der Waals surface area contributed by atoms with Gasteiger partial charge >= 0.3 is 0 Å². The van der Waals surface area contributed by atoms with Crippen LogP contribution in [0, 0.1) is 0 Å². The lowest BCUT2D eigenvalue weighted by atomic mass is 10.4. The van der Waals surface area contributed by atoms with Gasteiger partial charge in [0.15, 0.2) is 0 Å². The standard InChI is InChI=1S/C5H11N2S/c1-2-7-5(8)3-4-6/h6H,2-4H2,1H3,(H,7,8). The normalized spacial score (nSPS) is 8.75. The van der Waals surface area contributed by atoms with Crippen LogP contribution in [0.2, 0.25) is 0 Å². The Morgan fingerprint density at radius 1 is 1.75 bits per heavy atom. The lowest BCUT2D eigenvalue weighted by molar-refractivity contribution is 0.918. The summed E-state index contributed by atoms with van der Waals surface area (Å²) in [5, 5.41) is 2.96. The highest BCUT2D eigenvalue weighted by molar-refractivity contribution is 7.80. The van der Waals surface area contributed by atoms with Crippen LogP contribution in [0.15, 0.2) is 0 Å². The van der Waals surface area contributed by atoms with Crippen LogP contribution in [0.4, 0.5) is 0 Å². The van der Waals surface area contributed by atoms with E-state index in [1.54, 1.807) is 0 Å². The third-order valence-corrected chi connectivity index (χ3v) is 1.07. The van der Waals surface area contributed by atoms with Crippen LogP contribution in [0.5, 0.6) is 0 Å². The van der Waals surface area contributed by atoms with E-state index in [-0.39, 0.29) is 0 Å². The van der Waals surface area contributed by atoms with Crippen molar-refractivity contribution >= 4 is 17.2 Å². The Labute approximate surface area is 55.4 Å². The summed E-state index contributed by atoms with van der Waals surface area (Å²) >= 11 is 4.82. The van der Waals surface area contributed by atoms with Crippen molar-refractivity contribution in [3.05, 3.63) is 0 Å². The molecule has 0 unspecified atom stereocenters. The van der Waals surface area contributed by atoms with E-state index in [0.717, 1.165) is 11.5 Å². The Morgan fingerprint density at radius 2 is 2.38 bits per heavy atom. The molecule has 0 bridgehead atoms. The maximum atomic E-state index is 6.78. The highest BCUT2D eigenvalue weighted by Gasteiger charge is 1.88. The molecule has 2 N–H and O–H groups in total. The molecule has 2 nitrogen and oxygen atoms in total. The van der Waals surface area contributed by atoms with Crippen LogP contribution in [-0.4, -0.2) is 18.1 Å². The first kappa shape index (κ1) is 7.85. The number of hydrogen-bond donors (Lipinski definition) is 1. The van der Waals surface area contributed by atoms with Gasteiger partial charge in [-0.15, -0.1) is 0 Å². The van der Waals surface area contributed by atoms with Gasteiger partial charge in [-0.25, -0.2) is 0 Å². The first-order valence-electron chi connectivity index (χ1n) is 2.72. The molecule has 0 amide bonds. The van der Waals surface area contributed by atoms with E-state index in [4.69, 9.17) is 18.0 Å². The SMILES string of the molecule is CCNC(=S)CC[NH]. The maximum absolute atomic E-state index is 6.78. The van der Waals surface area contributed by atoms with E-state index in [2.05, 4.69) is 5.32 Å². The third-order valence-electron chi connectivity index (χ3n) is 0.726. The second-order valence-corrected chi connectivity index (χ2v) is 1.95. The van der Waals surface area contributed by atoms with Gasteiger partial charge in [-0.05, 0) is 6.92 Å². The molecule has 0 rings (SSSR count). The van der Waals surface area contributed by atoms with Crippen LogP contribution in [-0.2, 0) is 0 Å². The van der Waals surface area contributed by atoms with E-state index < -0.39 is 0 Å². The first-order valence-corrected chi connectivity index (χ1v) is 3.13. The van der Waals surface area contributed by atoms with Crippen molar-refractivity contribution < 1.29 is 0 Å². The first-order chi connectivity index (χ1) is 3.81. The summed E-state index contributed by atoms with van der Waals surface area (Å²) in [6.45, 7) is 3.26. The summed E-state index contributed by atoms with van der Waals surface area (Å²) in [7, 11) is 0. The fraction of sp³-hybridized carbons (Fsp3) is 0.800. The molecular formula is C5H11N2S. The summed E-state index contributed by atoms with van der Waals surface area (Å²) in [6, 6.07) is 0. The summed E-state index contributed by atoms with van der Waals surface area (Å²) in [6.07, 6.45) is 0.698. The van der Waals surface area contributed by atoms with Gasteiger partial charge in [-0.2, -0.15) is 0 Å². The van der Waals surface area contributed by atoms with E-state index in [0.29, 0.717) is 13.0 Å². The van der Waals surface area contributed by atoms with Gasteiger partial charge < -0.3 is 5.32 Å². The number of nitrogens with one attached hydrogen (secondary N) is 2. The molecule has 0 spiro atoms. The van der Waals surface area contributed by atoms with E-state index in [1.165, 1.54) is 0 Å². The molecular weight excluding hydrogens is 120 g/mol. The quantitative estimate of drug-likeness (QED) is 0.569. The Bertz CT molecular complexity index is 64.8. The highest BCUT2D eigenvalue weighted by atomic mass is 32.1. The van der Waals surface area contributed by atoms with E-state index in [1.807, 2.05) is 6.92 Å². The average Bonchev–Trinajstić information content (AvgIpc) is 1.68. The van der Waals surface area contributed by atoms with Crippen LogP contribution in [0.25, 0.3) is 0 Å². The van der Waals surface area contributed by atoms with Gasteiger partial charge in [0.05, 0.1) is 4.99 Å². The molecule has 8 heavy (non-hydrogen) atoms. The van der Waals surface area contributed by atoms with Gasteiger partial charge in [-0.3, -0.25) is 5.73 Å².